The van der Waals surface area contributed by atoms with E-state index in [-0.39, 0.29) is 18.9 Å². The van der Waals surface area contributed by atoms with Gasteiger partial charge in [-0.05, 0) is 31.9 Å². The van der Waals surface area contributed by atoms with E-state index in [0.29, 0.717) is 24.4 Å². The molecule has 4 heterocycles. The first-order chi connectivity index (χ1) is 13.5. The highest BCUT2D eigenvalue weighted by molar-refractivity contribution is 5.92. The zero-order valence-electron chi connectivity index (χ0n) is 15.3. The predicted molar refractivity (Wildman–Crippen MR) is 101 cm³/mol. The second kappa shape index (κ2) is 6.22. The molecule has 0 aromatic carbocycles. The van der Waals surface area contributed by atoms with Crippen molar-refractivity contribution in [2.45, 2.75) is 44.6 Å². The number of halogens is 2. The van der Waals surface area contributed by atoms with E-state index in [1.165, 1.54) is 0 Å². The van der Waals surface area contributed by atoms with Crippen LogP contribution in [0.1, 0.15) is 31.4 Å². The Morgan fingerprint density at radius 1 is 1.21 bits per heavy atom. The fourth-order valence-corrected chi connectivity index (χ4v) is 3.70. The molecule has 0 radical (unpaired) electrons. The number of H-pyrrole nitrogens is 1. The maximum Gasteiger partial charge on any atom is 0.248 e. The van der Waals surface area contributed by atoms with Crippen molar-refractivity contribution >= 4 is 22.6 Å². The first kappa shape index (κ1) is 17.0. The zero-order chi connectivity index (χ0) is 19.3. The van der Waals surface area contributed by atoms with Crippen LogP contribution in [0.25, 0.3) is 27.9 Å². The van der Waals surface area contributed by atoms with Gasteiger partial charge < -0.3 is 10.3 Å². The lowest BCUT2D eigenvalue weighted by Crippen LogP contribution is -2.32. The fourth-order valence-electron chi connectivity index (χ4n) is 3.70. The Hall–Kier alpha value is -3.10. The molecule has 0 bridgehead atoms. The van der Waals surface area contributed by atoms with Gasteiger partial charge >= 0.3 is 0 Å². The summed E-state index contributed by atoms with van der Waals surface area (Å²) in [6.07, 6.45) is 6.10. The number of aromatic nitrogens is 6. The molecule has 1 aliphatic rings. The van der Waals surface area contributed by atoms with Crippen molar-refractivity contribution in [3.63, 3.8) is 0 Å². The second-order valence-electron chi connectivity index (χ2n) is 7.34. The summed E-state index contributed by atoms with van der Waals surface area (Å²) >= 11 is 0. The lowest BCUT2D eigenvalue weighted by molar-refractivity contribution is -0.0361. The Labute approximate surface area is 159 Å². The van der Waals surface area contributed by atoms with Crippen LogP contribution in [0.3, 0.4) is 0 Å². The number of aryl methyl sites for hydroxylation is 1. The van der Waals surface area contributed by atoms with Crippen molar-refractivity contribution in [2.75, 3.05) is 5.32 Å². The lowest BCUT2D eigenvalue weighted by Gasteiger charge is -2.28. The van der Waals surface area contributed by atoms with Crippen LogP contribution in [0.15, 0.2) is 30.7 Å². The molecule has 0 unspecified atom stereocenters. The van der Waals surface area contributed by atoms with Crippen molar-refractivity contribution in [3.05, 3.63) is 36.4 Å². The number of hydrogen-bond acceptors (Lipinski definition) is 5. The highest BCUT2D eigenvalue weighted by Gasteiger charge is 2.35. The Kier molecular flexibility index (Phi) is 3.78. The Morgan fingerprint density at radius 2 is 2.04 bits per heavy atom. The summed E-state index contributed by atoms with van der Waals surface area (Å²) in [5.41, 5.74) is 4.06. The van der Waals surface area contributed by atoms with Gasteiger partial charge in [-0.25, -0.2) is 23.3 Å². The maximum absolute atomic E-state index is 13.3. The minimum absolute atomic E-state index is 0.0277. The molecule has 144 valence electrons. The highest BCUT2D eigenvalue weighted by atomic mass is 19.3. The molecule has 2 N–H and O–H groups in total. The third kappa shape index (κ3) is 3.06. The molecule has 1 aliphatic carbocycles. The smallest absolute Gasteiger partial charge is 0.248 e. The van der Waals surface area contributed by atoms with E-state index in [1.807, 2.05) is 31.5 Å². The van der Waals surface area contributed by atoms with Crippen molar-refractivity contribution < 1.29 is 8.78 Å². The number of nitrogens with one attached hydrogen (secondary N) is 2. The minimum Gasteiger partial charge on any atom is -0.351 e. The van der Waals surface area contributed by atoms with E-state index in [1.54, 1.807) is 10.7 Å². The molecule has 7 nitrogen and oxygen atoms in total. The number of imidazole rings is 1. The summed E-state index contributed by atoms with van der Waals surface area (Å²) in [6.45, 7) is 1.93. The number of alkyl halides is 2. The topological polar surface area (TPSA) is 83.8 Å². The summed E-state index contributed by atoms with van der Waals surface area (Å²) in [7, 11) is 0. The van der Waals surface area contributed by atoms with Crippen molar-refractivity contribution in [1.29, 1.82) is 0 Å². The largest absolute Gasteiger partial charge is 0.351 e. The molecule has 9 heteroatoms. The third-order valence-electron chi connectivity index (χ3n) is 5.20. The Morgan fingerprint density at radius 3 is 2.86 bits per heavy atom. The lowest BCUT2D eigenvalue weighted by atomic mass is 9.92. The summed E-state index contributed by atoms with van der Waals surface area (Å²) in [6, 6.07) is 3.81. The average molecular weight is 383 g/mol. The summed E-state index contributed by atoms with van der Waals surface area (Å²) in [5, 5.41) is 8.64. The van der Waals surface area contributed by atoms with Crippen LogP contribution in [-0.2, 0) is 0 Å². The number of nitrogens with zero attached hydrogens (tertiary/aromatic N) is 5. The molecule has 4 aromatic rings. The Balaban J connectivity index is 1.41. The molecule has 0 aliphatic heterocycles. The standard InChI is InChI=1S/C19H19F2N7/c1-11-10-28-16(24-11)3-2-15(27-28)13-8-22-17-14(13)9-23-18(26-17)25-12-4-6-19(20,21)7-5-12/h2-3,8-10,12H,4-7H2,1H3,(H2,22,23,25,26). The fraction of sp³-hybridized carbons (Fsp3) is 0.368. The van der Waals surface area contributed by atoms with Crippen molar-refractivity contribution in [1.82, 2.24) is 29.5 Å². The van der Waals surface area contributed by atoms with Gasteiger partial charge in [0, 0.05) is 42.2 Å². The van der Waals surface area contributed by atoms with Crippen LogP contribution < -0.4 is 5.32 Å². The monoisotopic (exact) mass is 383 g/mol. The number of fused-ring (bicyclic) bond motifs is 2. The highest BCUT2D eigenvalue weighted by Crippen LogP contribution is 2.34. The van der Waals surface area contributed by atoms with E-state index in [0.717, 1.165) is 28.0 Å². The molecule has 0 amide bonds. The maximum atomic E-state index is 13.3. The first-order valence-corrected chi connectivity index (χ1v) is 9.29. The molecule has 28 heavy (non-hydrogen) atoms. The molecule has 0 spiro atoms. The van der Waals surface area contributed by atoms with Crippen molar-refractivity contribution in [3.8, 4) is 11.3 Å². The van der Waals surface area contributed by atoms with Crippen LogP contribution in [0.4, 0.5) is 14.7 Å². The molecule has 5 rings (SSSR count). The van der Waals surface area contributed by atoms with Gasteiger partial charge in [0.05, 0.1) is 17.6 Å². The van der Waals surface area contributed by atoms with Gasteiger partial charge in [-0.3, -0.25) is 0 Å². The molecular weight excluding hydrogens is 364 g/mol. The third-order valence-corrected chi connectivity index (χ3v) is 5.20. The molecule has 4 aromatic heterocycles. The molecule has 0 saturated heterocycles. The van der Waals surface area contributed by atoms with E-state index < -0.39 is 5.92 Å². The van der Waals surface area contributed by atoms with Crippen LogP contribution in [0.5, 0.6) is 0 Å². The quantitative estimate of drug-likeness (QED) is 0.559. The molecular formula is C19H19F2N7. The average Bonchev–Trinajstić information content (AvgIpc) is 3.24. The number of anilines is 1. The van der Waals surface area contributed by atoms with E-state index in [9.17, 15) is 8.78 Å². The zero-order valence-corrected chi connectivity index (χ0v) is 15.3. The first-order valence-electron chi connectivity index (χ1n) is 9.29. The van der Waals surface area contributed by atoms with Gasteiger partial charge in [-0.15, -0.1) is 0 Å². The van der Waals surface area contributed by atoms with E-state index >= 15 is 0 Å². The molecule has 0 atom stereocenters. The molecule has 1 fully saturated rings. The predicted octanol–water partition coefficient (Wildman–Crippen LogP) is 3.97. The summed E-state index contributed by atoms with van der Waals surface area (Å²) in [4.78, 5) is 16.4. The van der Waals surface area contributed by atoms with Gasteiger partial charge in [0.15, 0.2) is 5.65 Å². The second-order valence-corrected chi connectivity index (χ2v) is 7.34. The van der Waals surface area contributed by atoms with Crippen LogP contribution in [-0.4, -0.2) is 41.5 Å². The van der Waals surface area contributed by atoms with E-state index in [2.05, 4.69) is 30.4 Å². The number of rotatable bonds is 3. The normalized spacial score (nSPS) is 17.4. The molecule has 1 saturated carbocycles. The number of hydrogen-bond donors (Lipinski definition) is 2. The summed E-state index contributed by atoms with van der Waals surface area (Å²) in [5.74, 6) is -2.09. The van der Waals surface area contributed by atoms with Gasteiger partial charge in [-0.2, -0.15) is 10.1 Å². The van der Waals surface area contributed by atoms with Crippen LogP contribution in [0, 0.1) is 6.92 Å². The van der Waals surface area contributed by atoms with Gasteiger partial charge in [0.25, 0.3) is 0 Å². The van der Waals surface area contributed by atoms with Gasteiger partial charge in [0.1, 0.15) is 5.65 Å². The Bertz CT molecular complexity index is 1150. The van der Waals surface area contributed by atoms with E-state index in [4.69, 9.17) is 0 Å². The van der Waals surface area contributed by atoms with Crippen molar-refractivity contribution in [2.24, 2.45) is 0 Å². The van der Waals surface area contributed by atoms with Gasteiger partial charge in [0.2, 0.25) is 11.9 Å². The van der Waals surface area contributed by atoms with Crippen LogP contribution >= 0.6 is 0 Å². The van der Waals surface area contributed by atoms with Crippen LogP contribution in [0.2, 0.25) is 0 Å². The SMILES string of the molecule is Cc1cn2nc(-c3c[nH]c4nc(NC5CCC(F)(F)CC5)ncc34)ccc2n1. The number of aromatic amines is 1. The van der Waals surface area contributed by atoms with Gasteiger partial charge in [-0.1, -0.05) is 0 Å². The minimum atomic E-state index is -2.54. The summed E-state index contributed by atoms with van der Waals surface area (Å²) < 4.78 is 28.4.